The SMILES string of the molecule is CC(=NNC(=O)CS(C)(=O)=O)C(=O)c1ccccc1. The highest BCUT2D eigenvalue weighted by atomic mass is 32.2. The molecule has 0 atom stereocenters. The fraction of sp³-hybridized carbons (Fsp3) is 0.250. The topological polar surface area (TPSA) is 92.7 Å². The summed E-state index contributed by atoms with van der Waals surface area (Å²) in [6.07, 6.45) is 0.943. The van der Waals surface area contributed by atoms with Gasteiger partial charge in [-0.25, -0.2) is 13.8 Å². The summed E-state index contributed by atoms with van der Waals surface area (Å²) in [4.78, 5) is 23.1. The molecule has 1 amide bonds. The summed E-state index contributed by atoms with van der Waals surface area (Å²) in [5.41, 5.74) is 2.56. The van der Waals surface area contributed by atoms with Gasteiger partial charge in [-0.3, -0.25) is 9.59 Å². The smallest absolute Gasteiger partial charge is 0.255 e. The van der Waals surface area contributed by atoms with E-state index >= 15 is 0 Å². The van der Waals surface area contributed by atoms with Gasteiger partial charge in [0.2, 0.25) is 5.78 Å². The van der Waals surface area contributed by atoms with E-state index in [0.717, 1.165) is 6.26 Å². The molecule has 0 aliphatic carbocycles. The van der Waals surface area contributed by atoms with Crippen molar-refractivity contribution in [3.63, 3.8) is 0 Å². The number of amides is 1. The predicted molar refractivity (Wildman–Crippen MR) is 71.7 cm³/mol. The van der Waals surface area contributed by atoms with Gasteiger partial charge in [-0.05, 0) is 6.92 Å². The van der Waals surface area contributed by atoms with Crippen molar-refractivity contribution in [3.8, 4) is 0 Å². The van der Waals surface area contributed by atoms with Crippen LogP contribution in [-0.2, 0) is 14.6 Å². The van der Waals surface area contributed by atoms with Crippen LogP contribution in [-0.4, -0.2) is 37.8 Å². The van der Waals surface area contributed by atoms with E-state index in [0.29, 0.717) is 5.56 Å². The van der Waals surface area contributed by atoms with E-state index in [1.165, 1.54) is 6.92 Å². The molecule has 1 aromatic carbocycles. The number of hydrazone groups is 1. The van der Waals surface area contributed by atoms with Gasteiger partial charge in [0.15, 0.2) is 9.84 Å². The van der Waals surface area contributed by atoms with E-state index in [4.69, 9.17) is 0 Å². The van der Waals surface area contributed by atoms with E-state index in [-0.39, 0.29) is 11.5 Å². The fourth-order valence-corrected chi connectivity index (χ4v) is 1.81. The number of ketones is 1. The number of benzene rings is 1. The maximum absolute atomic E-state index is 11.8. The molecule has 0 fully saturated rings. The summed E-state index contributed by atoms with van der Waals surface area (Å²) in [7, 11) is -3.41. The van der Waals surface area contributed by atoms with Crippen molar-refractivity contribution in [3.05, 3.63) is 35.9 Å². The van der Waals surface area contributed by atoms with Crippen molar-refractivity contribution >= 4 is 27.2 Å². The number of Topliss-reactive ketones (excluding diaryl/α,β-unsaturated/α-hetero) is 1. The van der Waals surface area contributed by atoms with Gasteiger partial charge >= 0.3 is 0 Å². The number of nitrogens with zero attached hydrogens (tertiary/aromatic N) is 1. The molecule has 0 saturated carbocycles. The summed E-state index contributed by atoms with van der Waals surface area (Å²) in [5.74, 6) is -1.77. The van der Waals surface area contributed by atoms with Crippen LogP contribution in [0, 0.1) is 0 Å². The molecule has 0 spiro atoms. The Hall–Kier alpha value is -2.02. The van der Waals surface area contributed by atoms with Crippen LogP contribution < -0.4 is 5.43 Å². The van der Waals surface area contributed by atoms with Crippen LogP contribution in [0.25, 0.3) is 0 Å². The highest BCUT2D eigenvalue weighted by Crippen LogP contribution is 2.01. The second-order valence-corrected chi connectivity index (χ2v) is 6.14. The molecule has 1 rings (SSSR count). The quantitative estimate of drug-likeness (QED) is 0.481. The molecular weight excluding hydrogens is 268 g/mol. The Labute approximate surface area is 111 Å². The van der Waals surface area contributed by atoms with Gasteiger partial charge in [0, 0.05) is 11.8 Å². The number of hydrogen-bond acceptors (Lipinski definition) is 5. The second-order valence-electron chi connectivity index (χ2n) is 4.00. The Morgan fingerprint density at radius 2 is 1.79 bits per heavy atom. The monoisotopic (exact) mass is 282 g/mol. The number of hydrogen-bond donors (Lipinski definition) is 1. The average Bonchev–Trinajstić information content (AvgIpc) is 2.34. The lowest BCUT2D eigenvalue weighted by atomic mass is 10.1. The summed E-state index contributed by atoms with van der Waals surface area (Å²) < 4.78 is 21.7. The first-order chi connectivity index (χ1) is 8.79. The van der Waals surface area contributed by atoms with Gasteiger partial charge in [0.05, 0.1) is 0 Å². The van der Waals surface area contributed by atoms with Crippen LogP contribution in [0.5, 0.6) is 0 Å². The zero-order chi connectivity index (χ0) is 14.5. The lowest BCUT2D eigenvalue weighted by Crippen LogP contribution is -2.27. The lowest BCUT2D eigenvalue weighted by molar-refractivity contribution is -0.118. The first-order valence-electron chi connectivity index (χ1n) is 5.40. The molecule has 0 aliphatic rings. The zero-order valence-corrected chi connectivity index (χ0v) is 11.4. The van der Waals surface area contributed by atoms with Crippen molar-refractivity contribution in [2.45, 2.75) is 6.92 Å². The molecule has 0 saturated heterocycles. The van der Waals surface area contributed by atoms with Crippen LogP contribution >= 0.6 is 0 Å². The van der Waals surface area contributed by atoms with Crippen LogP contribution in [0.3, 0.4) is 0 Å². The number of carbonyl (C=O) groups excluding carboxylic acids is 2. The summed E-state index contributed by atoms with van der Waals surface area (Å²) in [5, 5.41) is 3.59. The van der Waals surface area contributed by atoms with Crippen LogP contribution in [0.15, 0.2) is 35.4 Å². The molecule has 19 heavy (non-hydrogen) atoms. The van der Waals surface area contributed by atoms with Crippen molar-refractivity contribution in [1.82, 2.24) is 5.43 Å². The third-order valence-corrected chi connectivity index (χ3v) is 2.89. The van der Waals surface area contributed by atoms with E-state index in [1.54, 1.807) is 30.3 Å². The molecule has 0 unspecified atom stereocenters. The van der Waals surface area contributed by atoms with Gasteiger partial charge in [-0.2, -0.15) is 5.10 Å². The summed E-state index contributed by atoms with van der Waals surface area (Å²) >= 11 is 0. The maximum Gasteiger partial charge on any atom is 0.255 e. The molecule has 7 heteroatoms. The van der Waals surface area contributed by atoms with E-state index in [9.17, 15) is 18.0 Å². The highest BCUT2D eigenvalue weighted by Gasteiger charge is 2.12. The Morgan fingerprint density at radius 3 is 2.32 bits per heavy atom. The second kappa shape index (κ2) is 6.24. The largest absolute Gasteiger partial charge is 0.287 e. The first kappa shape index (κ1) is 15.0. The Balaban J connectivity index is 2.68. The van der Waals surface area contributed by atoms with Crippen molar-refractivity contribution in [2.24, 2.45) is 5.10 Å². The molecular formula is C12H14N2O4S. The minimum Gasteiger partial charge on any atom is -0.287 e. The van der Waals surface area contributed by atoms with Crippen LogP contribution in [0.2, 0.25) is 0 Å². The summed E-state index contributed by atoms with van der Waals surface area (Å²) in [6, 6.07) is 8.45. The molecule has 0 aliphatic heterocycles. The third-order valence-electron chi connectivity index (χ3n) is 2.11. The molecule has 102 valence electrons. The van der Waals surface area contributed by atoms with Gasteiger partial charge in [-0.1, -0.05) is 30.3 Å². The third kappa shape index (κ3) is 5.43. The van der Waals surface area contributed by atoms with Gasteiger partial charge in [0.25, 0.3) is 5.91 Å². The average molecular weight is 282 g/mol. The molecule has 6 nitrogen and oxygen atoms in total. The van der Waals surface area contributed by atoms with E-state index in [1.807, 2.05) is 5.43 Å². The number of nitrogens with one attached hydrogen (secondary N) is 1. The predicted octanol–water partition coefficient (Wildman–Crippen LogP) is 0.406. The maximum atomic E-state index is 11.8. The summed E-state index contributed by atoms with van der Waals surface area (Å²) in [6.45, 7) is 1.44. The molecule has 0 heterocycles. The van der Waals surface area contributed by atoms with Crippen LogP contribution in [0.1, 0.15) is 17.3 Å². The number of sulfone groups is 1. The van der Waals surface area contributed by atoms with Crippen molar-refractivity contribution in [2.75, 3.05) is 12.0 Å². The van der Waals surface area contributed by atoms with E-state index < -0.39 is 21.5 Å². The molecule has 1 N–H and O–H groups in total. The Bertz CT molecular complexity index is 606. The molecule has 1 aromatic rings. The minimum absolute atomic E-state index is 0.0769. The number of rotatable bonds is 5. The minimum atomic E-state index is -3.41. The van der Waals surface area contributed by atoms with Crippen molar-refractivity contribution in [1.29, 1.82) is 0 Å². The zero-order valence-electron chi connectivity index (χ0n) is 10.6. The highest BCUT2D eigenvalue weighted by molar-refractivity contribution is 7.91. The van der Waals surface area contributed by atoms with Gasteiger partial charge in [0.1, 0.15) is 11.5 Å². The molecule has 0 radical (unpaired) electrons. The van der Waals surface area contributed by atoms with Crippen LogP contribution in [0.4, 0.5) is 0 Å². The Morgan fingerprint density at radius 1 is 1.21 bits per heavy atom. The lowest BCUT2D eigenvalue weighted by Gasteiger charge is -2.01. The normalized spacial score (nSPS) is 12.0. The molecule has 0 bridgehead atoms. The fourth-order valence-electron chi connectivity index (χ4n) is 1.27. The van der Waals surface area contributed by atoms with Crippen molar-refractivity contribution < 1.29 is 18.0 Å². The van der Waals surface area contributed by atoms with Gasteiger partial charge < -0.3 is 0 Å². The van der Waals surface area contributed by atoms with Gasteiger partial charge in [-0.15, -0.1) is 0 Å². The Kier molecular flexibility index (Phi) is 4.94. The van der Waals surface area contributed by atoms with E-state index in [2.05, 4.69) is 5.10 Å². The molecule has 0 aromatic heterocycles. The standard InChI is InChI=1S/C12H14N2O4S/c1-9(12(16)10-6-4-3-5-7-10)13-14-11(15)8-19(2,17)18/h3-7H,8H2,1-2H3,(H,14,15). The first-order valence-corrected chi connectivity index (χ1v) is 7.46. The number of carbonyl (C=O) groups is 2.